The van der Waals surface area contributed by atoms with Crippen molar-refractivity contribution in [3.63, 3.8) is 0 Å². The number of hydrogen-bond donors (Lipinski definition) is 0. The zero-order valence-corrected chi connectivity index (χ0v) is 11.3. The van der Waals surface area contributed by atoms with E-state index >= 15 is 0 Å². The van der Waals surface area contributed by atoms with Gasteiger partial charge in [0.25, 0.3) is 0 Å². The summed E-state index contributed by atoms with van der Waals surface area (Å²) in [5.41, 5.74) is -0.212. The molecule has 0 saturated carbocycles. The zero-order valence-electron chi connectivity index (χ0n) is 8.83. The van der Waals surface area contributed by atoms with Crippen molar-refractivity contribution in [2.45, 2.75) is 20.3 Å². The fraction of sp³-hybridized carbons (Fsp3) is 0.667. The predicted molar refractivity (Wildman–Crippen MR) is 71.7 cm³/mol. The molecule has 0 atom stereocenters. The summed E-state index contributed by atoms with van der Waals surface area (Å²) in [4.78, 5) is 5.38. The molecule has 1 heterocycles. The van der Waals surface area contributed by atoms with Crippen molar-refractivity contribution in [2.24, 2.45) is 5.41 Å². The van der Waals surface area contributed by atoms with E-state index in [2.05, 4.69) is 13.8 Å². The molecule has 14 heavy (non-hydrogen) atoms. The van der Waals surface area contributed by atoms with Gasteiger partial charge in [0.1, 0.15) is 0 Å². The molecule has 0 bridgehead atoms. The van der Waals surface area contributed by atoms with Crippen molar-refractivity contribution < 1.29 is 0 Å². The Hall–Kier alpha value is -0.130. The van der Waals surface area contributed by atoms with Crippen molar-refractivity contribution in [3.8, 4) is 0 Å². The third-order valence-electron chi connectivity index (χ3n) is 2.83. The summed E-state index contributed by atoms with van der Waals surface area (Å²) in [6.07, 6.45) is 0.905. The van der Waals surface area contributed by atoms with Gasteiger partial charge in [0.2, 0.25) is 0 Å². The third kappa shape index (κ3) is 1.47. The first-order chi connectivity index (χ1) is 6.36. The van der Waals surface area contributed by atoms with Crippen LogP contribution in [0.2, 0.25) is 0 Å². The molecule has 78 valence electrons. The number of thiocarbonyl (C=S) groups is 3. The lowest BCUT2D eigenvalue weighted by molar-refractivity contribution is 0.468. The molecular formula is C9H14N2S3. The molecule has 0 radical (unpaired) electrons. The molecule has 0 aliphatic carbocycles. The van der Waals surface area contributed by atoms with Crippen LogP contribution in [0.3, 0.4) is 0 Å². The highest BCUT2D eigenvalue weighted by Crippen LogP contribution is 2.33. The van der Waals surface area contributed by atoms with Crippen molar-refractivity contribution in [3.05, 3.63) is 0 Å². The molecule has 1 aliphatic rings. The minimum atomic E-state index is -0.212. The first kappa shape index (κ1) is 11.9. The molecule has 2 nitrogen and oxygen atoms in total. The minimum Gasteiger partial charge on any atom is -0.315 e. The Balaban J connectivity index is 3.17. The monoisotopic (exact) mass is 246 g/mol. The Morgan fingerprint density at radius 2 is 1.43 bits per heavy atom. The zero-order chi connectivity index (χ0) is 11.1. The number of rotatable bonds is 1. The smallest absolute Gasteiger partial charge is 0.180 e. The number of hydrogen-bond acceptors (Lipinski definition) is 3. The summed E-state index contributed by atoms with van der Waals surface area (Å²) in [6.45, 7) is 4.17. The molecule has 0 unspecified atom stereocenters. The van der Waals surface area contributed by atoms with Crippen LogP contribution >= 0.6 is 36.7 Å². The van der Waals surface area contributed by atoms with Gasteiger partial charge in [0.05, 0.1) is 15.4 Å². The van der Waals surface area contributed by atoms with Crippen LogP contribution < -0.4 is 0 Å². The molecule has 0 aromatic heterocycles. The second-order valence-electron chi connectivity index (χ2n) is 3.70. The summed E-state index contributed by atoms with van der Waals surface area (Å²) < 4.78 is 0. The summed E-state index contributed by atoms with van der Waals surface area (Å²) in [7, 11) is 3.80. The molecular weight excluding hydrogens is 232 g/mol. The molecule has 1 aliphatic heterocycles. The van der Waals surface area contributed by atoms with E-state index in [9.17, 15) is 0 Å². The van der Waals surface area contributed by atoms with Crippen LogP contribution in [0.15, 0.2) is 0 Å². The van der Waals surface area contributed by atoms with Crippen LogP contribution in [0.5, 0.6) is 0 Å². The third-order valence-corrected chi connectivity index (χ3v) is 4.83. The quantitative estimate of drug-likeness (QED) is 0.653. The van der Waals surface area contributed by atoms with E-state index in [1.165, 1.54) is 0 Å². The lowest BCUT2D eigenvalue weighted by Crippen LogP contribution is -2.60. The first-order valence-corrected chi connectivity index (χ1v) is 5.69. The first-order valence-electron chi connectivity index (χ1n) is 4.46. The van der Waals surface area contributed by atoms with Crippen LogP contribution in [0.4, 0.5) is 0 Å². The van der Waals surface area contributed by atoms with Crippen LogP contribution in [0, 0.1) is 5.41 Å². The normalized spacial score (nSPS) is 21.9. The lowest BCUT2D eigenvalue weighted by atomic mass is 9.84. The second kappa shape index (κ2) is 3.79. The second-order valence-corrected chi connectivity index (χ2v) is 4.84. The standard InChI is InChI=1S/C9H14N2S3/c1-5-9(2)6(12)10(3)8(14)11(4)7(9)13/h5H2,1-4H3. The van der Waals surface area contributed by atoms with Gasteiger partial charge in [-0.05, 0) is 25.6 Å². The van der Waals surface area contributed by atoms with Crippen LogP contribution in [0.1, 0.15) is 20.3 Å². The molecule has 0 N–H and O–H groups in total. The fourth-order valence-corrected chi connectivity index (χ4v) is 2.55. The van der Waals surface area contributed by atoms with Crippen LogP contribution in [-0.2, 0) is 0 Å². The molecule has 0 amide bonds. The Labute approximate surface area is 101 Å². The Kier molecular flexibility index (Phi) is 3.23. The van der Waals surface area contributed by atoms with Gasteiger partial charge in [-0.3, -0.25) is 0 Å². The highest BCUT2D eigenvalue weighted by Gasteiger charge is 2.43. The molecule has 0 aromatic carbocycles. The molecule has 0 aromatic rings. The summed E-state index contributed by atoms with van der Waals surface area (Å²) in [6, 6.07) is 0. The maximum absolute atomic E-state index is 5.39. The van der Waals surface area contributed by atoms with E-state index in [1.54, 1.807) is 0 Å². The van der Waals surface area contributed by atoms with Gasteiger partial charge in [-0.1, -0.05) is 31.4 Å². The fourth-order valence-electron chi connectivity index (χ4n) is 1.53. The van der Waals surface area contributed by atoms with Crippen molar-refractivity contribution in [1.29, 1.82) is 0 Å². The minimum absolute atomic E-state index is 0.212. The highest BCUT2D eigenvalue weighted by molar-refractivity contribution is 7.83. The van der Waals surface area contributed by atoms with Gasteiger partial charge < -0.3 is 9.80 Å². The van der Waals surface area contributed by atoms with E-state index < -0.39 is 0 Å². The topological polar surface area (TPSA) is 6.48 Å². The van der Waals surface area contributed by atoms with Gasteiger partial charge in [-0.25, -0.2) is 0 Å². The van der Waals surface area contributed by atoms with Gasteiger partial charge in [0, 0.05) is 14.1 Å². The van der Waals surface area contributed by atoms with E-state index in [4.69, 9.17) is 36.7 Å². The maximum Gasteiger partial charge on any atom is 0.180 e. The van der Waals surface area contributed by atoms with Crippen LogP contribution in [0.25, 0.3) is 0 Å². The molecule has 5 heteroatoms. The SMILES string of the molecule is CCC1(C)C(=S)N(C)C(=S)N(C)C1=S. The van der Waals surface area contributed by atoms with Crippen molar-refractivity contribution in [2.75, 3.05) is 14.1 Å². The molecule has 0 spiro atoms. The van der Waals surface area contributed by atoms with E-state index in [-0.39, 0.29) is 5.41 Å². The van der Waals surface area contributed by atoms with E-state index in [0.29, 0.717) is 5.11 Å². The van der Waals surface area contributed by atoms with E-state index in [1.807, 2.05) is 23.9 Å². The molecule has 1 saturated heterocycles. The molecule has 1 rings (SSSR count). The van der Waals surface area contributed by atoms with Crippen molar-refractivity contribution in [1.82, 2.24) is 9.80 Å². The van der Waals surface area contributed by atoms with Gasteiger partial charge in [0.15, 0.2) is 5.11 Å². The summed E-state index contributed by atoms with van der Waals surface area (Å²) in [5, 5.41) is 0.686. The van der Waals surface area contributed by atoms with Crippen molar-refractivity contribution >= 4 is 51.7 Å². The average Bonchev–Trinajstić information content (AvgIpc) is 2.21. The number of nitrogens with zero attached hydrogens (tertiary/aromatic N) is 2. The summed E-state index contributed by atoms with van der Waals surface area (Å²) >= 11 is 16.0. The van der Waals surface area contributed by atoms with Gasteiger partial charge >= 0.3 is 0 Å². The predicted octanol–water partition coefficient (Wildman–Crippen LogP) is 2.22. The van der Waals surface area contributed by atoms with Gasteiger partial charge in [-0.2, -0.15) is 0 Å². The Bertz CT molecular complexity index is 287. The largest absolute Gasteiger partial charge is 0.315 e. The maximum atomic E-state index is 5.39. The lowest BCUT2D eigenvalue weighted by Gasteiger charge is -2.45. The van der Waals surface area contributed by atoms with Gasteiger partial charge in [-0.15, -0.1) is 0 Å². The Morgan fingerprint density at radius 1 is 1.07 bits per heavy atom. The highest BCUT2D eigenvalue weighted by atomic mass is 32.1. The van der Waals surface area contributed by atoms with Crippen LogP contribution in [-0.4, -0.2) is 39.0 Å². The summed E-state index contributed by atoms with van der Waals surface area (Å²) in [5.74, 6) is 0. The van der Waals surface area contributed by atoms with E-state index in [0.717, 1.165) is 16.4 Å². The average molecular weight is 246 g/mol. The Morgan fingerprint density at radius 3 is 1.71 bits per heavy atom. The molecule has 1 fully saturated rings.